The monoisotopic (exact) mass is 189 g/mol. The molecule has 0 atom stereocenters. The molecule has 0 radical (unpaired) electrons. The summed E-state index contributed by atoms with van der Waals surface area (Å²) in [5.41, 5.74) is 0. The molecule has 13 heavy (non-hydrogen) atoms. The van der Waals surface area contributed by atoms with Gasteiger partial charge in [-0.05, 0) is 12.1 Å². The molecule has 4 nitrogen and oxygen atoms in total. The summed E-state index contributed by atoms with van der Waals surface area (Å²) in [6.45, 7) is 0. The fourth-order valence-electron chi connectivity index (χ4n) is 0.673. The predicted octanol–water partition coefficient (Wildman–Crippen LogP) is -1.95. The van der Waals surface area contributed by atoms with Crippen LogP contribution in [0.3, 0.4) is 0 Å². The Balaban J connectivity index is 0. The van der Waals surface area contributed by atoms with Crippen LogP contribution in [0.4, 0.5) is 4.79 Å². The van der Waals surface area contributed by atoms with Gasteiger partial charge < -0.3 is 6.16 Å². The number of carbonyl (C=O) groups excluding carboxylic acids is 2. The van der Waals surface area contributed by atoms with E-state index in [0.29, 0.717) is 5.75 Å². The van der Waals surface area contributed by atoms with Gasteiger partial charge in [0.2, 0.25) is 6.41 Å². The van der Waals surface area contributed by atoms with E-state index in [1.165, 1.54) is 0 Å². The summed E-state index contributed by atoms with van der Waals surface area (Å²) in [7, 11) is 0. The van der Waals surface area contributed by atoms with Gasteiger partial charge in [0.05, 0.1) is 0 Å². The standard InChI is InChI=1S/C8H7NO3.Na.H/c10-6-9-8(11)12-7-4-2-1-3-5-7;;/h1-6H,(H,9,10,11);;/q;+1;-1. The summed E-state index contributed by atoms with van der Waals surface area (Å²) in [5.74, 6) is 0.400. The minimum atomic E-state index is -0.781. The van der Waals surface area contributed by atoms with Gasteiger partial charge >= 0.3 is 35.7 Å². The zero-order valence-corrected chi connectivity index (χ0v) is 9.19. The summed E-state index contributed by atoms with van der Waals surface area (Å²) >= 11 is 0. The van der Waals surface area contributed by atoms with Crippen molar-refractivity contribution in [3.05, 3.63) is 30.3 Å². The molecule has 1 rings (SSSR count). The quantitative estimate of drug-likeness (QED) is 0.434. The summed E-state index contributed by atoms with van der Waals surface area (Å²) in [6.07, 6.45) is -0.512. The van der Waals surface area contributed by atoms with Crippen molar-refractivity contribution in [3.8, 4) is 5.75 Å². The van der Waals surface area contributed by atoms with Gasteiger partial charge in [-0.2, -0.15) is 0 Å². The van der Waals surface area contributed by atoms with Crippen LogP contribution in [0.2, 0.25) is 0 Å². The number of carbonyl (C=O) groups is 2. The maximum Gasteiger partial charge on any atom is 1.00 e. The van der Waals surface area contributed by atoms with Crippen LogP contribution in [0.1, 0.15) is 1.43 Å². The maximum absolute atomic E-state index is 10.6. The van der Waals surface area contributed by atoms with Crippen molar-refractivity contribution in [1.82, 2.24) is 5.32 Å². The Labute approximate surface area is 99.0 Å². The van der Waals surface area contributed by atoms with E-state index < -0.39 is 6.09 Å². The topological polar surface area (TPSA) is 55.4 Å². The second-order valence-corrected chi connectivity index (χ2v) is 1.96. The van der Waals surface area contributed by atoms with Crippen molar-refractivity contribution in [1.29, 1.82) is 0 Å². The molecule has 0 saturated heterocycles. The van der Waals surface area contributed by atoms with Crippen LogP contribution in [0.25, 0.3) is 0 Å². The molecular weight excluding hydrogens is 181 g/mol. The first-order valence-electron chi connectivity index (χ1n) is 3.30. The van der Waals surface area contributed by atoms with E-state index in [9.17, 15) is 9.59 Å². The molecular formula is C8H8NNaO3. The average Bonchev–Trinajstić information content (AvgIpc) is 2.06. The van der Waals surface area contributed by atoms with Crippen molar-refractivity contribution < 1.29 is 45.3 Å². The molecule has 2 amide bonds. The summed E-state index contributed by atoms with van der Waals surface area (Å²) < 4.78 is 4.67. The van der Waals surface area contributed by atoms with Crippen molar-refractivity contribution in [3.63, 3.8) is 0 Å². The maximum atomic E-state index is 10.6. The molecule has 0 aliphatic carbocycles. The minimum Gasteiger partial charge on any atom is -1.00 e. The van der Waals surface area contributed by atoms with Crippen molar-refractivity contribution in [2.75, 3.05) is 0 Å². The van der Waals surface area contributed by atoms with Gasteiger partial charge in [-0.1, -0.05) is 18.2 Å². The van der Waals surface area contributed by atoms with Gasteiger partial charge in [0, 0.05) is 0 Å². The first-order valence-corrected chi connectivity index (χ1v) is 3.30. The van der Waals surface area contributed by atoms with Gasteiger partial charge in [-0.3, -0.25) is 10.1 Å². The molecule has 1 N–H and O–H groups in total. The number of ether oxygens (including phenoxy) is 1. The smallest absolute Gasteiger partial charge is 1.00 e. The number of hydrogen-bond donors (Lipinski definition) is 1. The van der Waals surface area contributed by atoms with Gasteiger partial charge in [-0.15, -0.1) is 0 Å². The third-order valence-electron chi connectivity index (χ3n) is 1.13. The van der Waals surface area contributed by atoms with E-state index >= 15 is 0 Å². The third-order valence-corrected chi connectivity index (χ3v) is 1.13. The molecule has 0 bridgehead atoms. The molecule has 64 valence electrons. The number of nitrogens with one attached hydrogen (secondary N) is 1. The molecule has 5 heteroatoms. The van der Waals surface area contributed by atoms with Crippen LogP contribution in [0, 0.1) is 0 Å². The number of rotatable bonds is 2. The SMILES string of the molecule is O=CNC(=O)Oc1ccccc1.[H-].[Na+]. The van der Waals surface area contributed by atoms with E-state index in [-0.39, 0.29) is 37.4 Å². The minimum absolute atomic E-state index is 0. The largest absolute Gasteiger partial charge is 1.00 e. The molecule has 0 spiro atoms. The Bertz CT molecular complexity index is 281. The number of imide groups is 1. The molecule has 0 aliphatic heterocycles. The second-order valence-electron chi connectivity index (χ2n) is 1.96. The van der Waals surface area contributed by atoms with Crippen LogP contribution in [0.15, 0.2) is 30.3 Å². The number of para-hydroxylation sites is 1. The van der Waals surface area contributed by atoms with E-state index in [4.69, 9.17) is 0 Å². The van der Waals surface area contributed by atoms with Crippen LogP contribution in [-0.4, -0.2) is 12.5 Å². The zero-order valence-electron chi connectivity index (χ0n) is 8.19. The molecule has 1 aromatic carbocycles. The van der Waals surface area contributed by atoms with Crippen molar-refractivity contribution >= 4 is 12.5 Å². The molecule has 0 aliphatic rings. The number of hydrogen-bond acceptors (Lipinski definition) is 3. The first-order chi connectivity index (χ1) is 5.83. The van der Waals surface area contributed by atoms with Crippen molar-refractivity contribution in [2.45, 2.75) is 0 Å². The summed E-state index contributed by atoms with van der Waals surface area (Å²) in [5, 5.41) is 1.85. The predicted molar refractivity (Wildman–Crippen MR) is 42.8 cm³/mol. The van der Waals surface area contributed by atoms with E-state index in [1.807, 2.05) is 5.32 Å². The second kappa shape index (κ2) is 6.65. The zero-order chi connectivity index (χ0) is 8.81. The Hall–Kier alpha value is -0.840. The average molecular weight is 189 g/mol. The van der Waals surface area contributed by atoms with Gasteiger partial charge in [-0.25, -0.2) is 4.79 Å². The number of amides is 2. The Morgan fingerprint density at radius 1 is 1.38 bits per heavy atom. The normalized spacial score (nSPS) is 8.00. The Morgan fingerprint density at radius 2 is 2.00 bits per heavy atom. The molecule has 0 heterocycles. The summed E-state index contributed by atoms with van der Waals surface area (Å²) in [4.78, 5) is 20.4. The van der Waals surface area contributed by atoms with Gasteiger partial charge in [0.25, 0.3) is 0 Å². The van der Waals surface area contributed by atoms with Crippen LogP contribution in [-0.2, 0) is 4.79 Å². The first kappa shape index (κ1) is 12.2. The fraction of sp³-hybridized carbons (Fsp3) is 0. The summed E-state index contributed by atoms with van der Waals surface area (Å²) in [6, 6.07) is 8.48. The van der Waals surface area contributed by atoms with E-state index in [2.05, 4.69) is 4.74 Å². The van der Waals surface area contributed by atoms with Crippen LogP contribution < -0.4 is 39.6 Å². The third kappa shape index (κ3) is 4.67. The Kier molecular flexibility index (Phi) is 6.22. The van der Waals surface area contributed by atoms with Crippen LogP contribution >= 0.6 is 0 Å². The molecule has 0 fully saturated rings. The van der Waals surface area contributed by atoms with Gasteiger partial charge in [0.1, 0.15) is 5.75 Å². The van der Waals surface area contributed by atoms with Gasteiger partial charge in [0.15, 0.2) is 0 Å². The number of benzene rings is 1. The van der Waals surface area contributed by atoms with Crippen molar-refractivity contribution in [2.24, 2.45) is 0 Å². The fourth-order valence-corrected chi connectivity index (χ4v) is 0.673. The van der Waals surface area contributed by atoms with E-state index in [0.717, 1.165) is 0 Å². The molecule has 0 unspecified atom stereocenters. The molecule has 0 saturated carbocycles. The molecule has 0 aromatic heterocycles. The Morgan fingerprint density at radius 3 is 2.54 bits per heavy atom. The van der Waals surface area contributed by atoms with E-state index in [1.54, 1.807) is 30.3 Å². The van der Waals surface area contributed by atoms with Crippen LogP contribution in [0.5, 0.6) is 5.75 Å². The molecule has 1 aromatic rings.